The summed E-state index contributed by atoms with van der Waals surface area (Å²) in [4.78, 5) is 30.4. The van der Waals surface area contributed by atoms with Gasteiger partial charge in [0.2, 0.25) is 11.8 Å². The molecule has 3 saturated carbocycles. The Labute approximate surface area is 275 Å². The summed E-state index contributed by atoms with van der Waals surface area (Å²) in [6.07, 6.45) is 9.14. The quantitative estimate of drug-likeness (QED) is 0.137. The maximum atomic E-state index is 15.3. The van der Waals surface area contributed by atoms with Gasteiger partial charge in [-0.2, -0.15) is 0 Å². The molecule has 1 heterocycles. The second kappa shape index (κ2) is 12.6. The van der Waals surface area contributed by atoms with Gasteiger partial charge in [-0.25, -0.2) is 13.2 Å². The number of carbonyl (C=O) groups excluding carboxylic acids is 2. The highest BCUT2D eigenvalue weighted by Crippen LogP contribution is 2.48. The first-order valence-corrected chi connectivity index (χ1v) is 16.1. The first kappa shape index (κ1) is 31.7. The number of fused-ring (bicyclic) bond motifs is 1. The highest BCUT2D eigenvalue weighted by molar-refractivity contribution is 6.16. The number of ether oxygens (including phenoxy) is 3. The molecular weight excluding hydrogens is 625 g/mol. The highest BCUT2D eigenvalue weighted by atomic mass is 19.2. The normalized spacial score (nSPS) is 17.5. The number of amides is 2. The van der Waals surface area contributed by atoms with Gasteiger partial charge < -0.3 is 30.2 Å². The van der Waals surface area contributed by atoms with E-state index >= 15 is 4.39 Å². The summed E-state index contributed by atoms with van der Waals surface area (Å²) in [6.45, 7) is 0.523. The van der Waals surface area contributed by atoms with Gasteiger partial charge in [-0.1, -0.05) is 12.8 Å². The molecule has 3 aliphatic carbocycles. The molecule has 9 nitrogen and oxygen atoms in total. The molecule has 250 valence electrons. The van der Waals surface area contributed by atoms with E-state index in [0.717, 1.165) is 31.0 Å². The number of aromatic nitrogens is 1. The molecule has 7 rings (SSSR count). The standard InChI is InChI=1S/C36H35F3N4O5/c1-46-31-18-24-28(19-32(31)47-20-35(11-12-35)43-21-4-2-3-5-21)40-15-10-29(24)48-30-9-7-23(17-27(30)39)42-34(45)36(13-14-36)33(44)41-22-6-8-25(37)26(38)16-22/h6-10,15-19,21,43H,2-5,11-14,20H2,1H3,(H,41,44)(H,42,45). The molecule has 0 atom stereocenters. The molecule has 4 aromatic rings. The lowest BCUT2D eigenvalue weighted by atomic mass is 10.0. The van der Waals surface area contributed by atoms with Crippen LogP contribution in [-0.2, 0) is 9.59 Å². The van der Waals surface area contributed by atoms with Crippen molar-refractivity contribution in [2.45, 2.75) is 62.9 Å². The van der Waals surface area contributed by atoms with Crippen molar-refractivity contribution in [3.8, 4) is 23.0 Å². The Morgan fingerprint density at radius 2 is 1.48 bits per heavy atom. The summed E-state index contributed by atoms with van der Waals surface area (Å²) >= 11 is 0. The number of benzene rings is 3. The zero-order valence-corrected chi connectivity index (χ0v) is 26.3. The SMILES string of the molecule is COc1cc2c(Oc3ccc(NC(=O)C4(C(=O)Nc5ccc(F)c(F)c5)CC4)cc3F)ccnc2cc1OCC1(NC2CCCC2)CC1. The van der Waals surface area contributed by atoms with Crippen molar-refractivity contribution in [2.75, 3.05) is 24.4 Å². The van der Waals surface area contributed by atoms with Crippen molar-refractivity contribution >= 4 is 34.1 Å². The van der Waals surface area contributed by atoms with Crippen LogP contribution in [0.1, 0.15) is 51.4 Å². The maximum absolute atomic E-state index is 15.3. The Morgan fingerprint density at radius 3 is 2.10 bits per heavy atom. The Morgan fingerprint density at radius 1 is 0.792 bits per heavy atom. The topological polar surface area (TPSA) is 111 Å². The van der Waals surface area contributed by atoms with Gasteiger partial charge in [-0.15, -0.1) is 0 Å². The fraction of sp³-hybridized carbons (Fsp3) is 0.361. The van der Waals surface area contributed by atoms with Crippen LogP contribution in [0, 0.1) is 22.9 Å². The minimum absolute atomic E-state index is 0.00706. The molecule has 2 amide bonds. The molecule has 3 fully saturated rings. The number of nitrogens with zero attached hydrogens (tertiary/aromatic N) is 1. The van der Waals surface area contributed by atoms with E-state index in [-0.39, 0.29) is 35.5 Å². The van der Waals surface area contributed by atoms with Crippen molar-refractivity contribution in [2.24, 2.45) is 5.41 Å². The third kappa shape index (κ3) is 6.49. The molecule has 0 radical (unpaired) electrons. The molecular formula is C36H35F3N4O5. The predicted octanol–water partition coefficient (Wildman–Crippen LogP) is 7.25. The Kier molecular flexibility index (Phi) is 8.36. The smallest absolute Gasteiger partial charge is 0.240 e. The van der Waals surface area contributed by atoms with Crippen LogP contribution in [0.15, 0.2) is 60.8 Å². The highest BCUT2D eigenvalue weighted by Gasteiger charge is 2.56. The third-order valence-electron chi connectivity index (χ3n) is 9.42. The summed E-state index contributed by atoms with van der Waals surface area (Å²) in [5, 5.41) is 9.43. The van der Waals surface area contributed by atoms with E-state index in [2.05, 4.69) is 20.9 Å². The number of rotatable bonds is 12. The molecule has 12 heteroatoms. The monoisotopic (exact) mass is 660 g/mol. The minimum Gasteiger partial charge on any atom is -0.493 e. The molecule has 3 aromatic carbocycles. The zero-order chi connectivity index (χ0) is 33.5. The van der Waals surface area contributed by atoms with Crippen LogP contribution in [-0.4, -0.2) is 42.1 Å². The van der Waals surface area contributed by atoms with Gasteiger partial charge in [0.05, 0.1) is 18.2 Å². The van der Waals surface area contributed by atoms with Crippen LogP contribution in [0.25, 0.3) is 10.9 Å². The zero-order valence-electron chi connectivity index (χ0n) is 26.3. The number of hydrogen-bond acceptors (Lipinski definition) is 7. The lowest BCUT2D eigenvalue weighted by molar-refractivity contribution is -0.131. The first-order valence-electron chi connectivity index (χ1n) is 16.1. The molecule has 0 saturated heterocycles. The number of anilines is 2. The number of halogens is 3. The lowest BCUT2D eigenvalue weighted by Crippen LogP contribution is -2.42. The number of methoxy groups -OCH3 is 1. The largest absolute Gasteiger partial charge is 0.493 e. The second-order valence-electron chi connectivity index (χ2n) is 12.9. The number of carbonyl (C=O) groups is 2. The molecule has 0 unspecified atom stereocenters. The van der Waals surface area contributed by atoms with Crippen molar-refractivity contribution in [1.29, 1.82) is 0 Å². The number of pyridine rings is 1. The fourth-order valence-corrected chi connectivity index (χ4v) is 6.23. The van der Waals surface area contributed by atoms with Gasteiger partial charge in [-0.05, 0) is 74.9 Å². The molecule has 0 bridgehead atoms. The van der Waals surface area contributed by atoms with E-state index in [0.29, 0.717) is 40.8 Å². The predicted molar refractivity (Wildman–Crippen MR) is 173 cm³/mol. The van der Waals surface area contributed by atoms with Gasteiger partial charge >= 0.3 is 0 Å². The summed E-state index contributed by atoms with van der Waals surface area (Å²) < 4.78 is 60.0. The van der Waals surface area contributed by atoms with E-state index in [1.807, 2.05) is 0 Å². The van der Waals surface area contributed by atoms with Gasteiger partial charge in [-0.3, -0.25) is 14.6 Å². The van der Waals surface area contributed by atoms with Gasteiger partial charge in [0.1, 0.15) is 17.8 Å². The Bertz CT molecular complexity index is 1890. The van der Waals surface area contributed by atoms with E-state index in [1.54, 1.807) is 31.5 Å². The van der Waals surface area contributed by atoms with Crippen LogP contribution in [0.4, 0.5) is 24.5 Å². The van der Waals surface area contributed by atoms with E-state index < -0.39 is 34.7 Å². The summed E-state index contributed by atoms with van der Waals surface area (Å²) in [5.41, 5.74) is -0.686. The molecule has 1 aromatic heterocycles. The average molecular weight is 661 g/mol. The van der Waals surface area contributed by atoms with Gasteiger partial charge in [0.15, 0.2) is 34.7 Å². The average Bonchev–Trinajstić information content (AvgIpc) is 3.99. The molecule has 48 heavy (non-hydrogen) atoms. The van der Waals surface area contributed by atoms with Crippen molar-refractivity contribution < 1.29 is 37.0 Å². The molecule has 0 spiro atoms. The third-order valence-corrected chi connectivity index (χ3v) is 9.42. The number of hydrogen-bond donors (Lipinski definition) is 3. The molecule has 3 aliphatic rings. The van der Waals surface area contributed by atoms with E-state index in [1.165, 1.54) is 43.9 Å². The number of nitrogens with one attached hydrogen (secondary N) is 3. The van der Waals surface area contributed by atoms with Crippen LogP contribution in [0.3, 0.4) is 0 Å². The van der Waals surface area contributed by atoms with Gasteiger partial charge in [0, 0.05) is 47.2 Å². The van der Waals surface area contributed by atoms with Crippen molar-refractivity contribution in [3.05, 3.63) is 78.2 Å². The van der Waals surface area contributed by atoms with Crippen LogP contribution < -0.4 is 30.2 Å². The summed E-state index contributed by atoms with van der Waals surface area (Å²) in [6, 6.07) is 12.6. The maximum Gasteiger partial charge on any atom is 0.240 e. The summed E-state index contributed by atoms with van der Waals surface area (Å²) in [7, 11) is 1.55. The van der Waals surface area contributed by atoms with E-state index in [4.69, 9.17) is 14.2 Å². The summed E-state index contributed by atoms with van der Waals surface area (Å²) in [5.74, 6) is -2.91. The molecule has 3 N–H and O–H groups in total. The first-order chi connectivity index (χ1) is 23.2. The van der Waals surface area contributed by atoms with E-state index in [9.17, 15) is 18.4 Å². The Balaban J connectivity index is 1.02. The van der Waals surface area contributed by atoms with Crippen LogP contribution >= 0.6 is 0 Å². The van der Waals surface area contributed by atoms with Gasteiger partial charge in [0.25, 0.3) is 0 Å². The Hall–Kier alpha value is -4.84. The van der Waals surface area contributed by atoms with Crippen molar-refractivity contribution in [3.63, 3.8) is 0 Å². The van der Waals surface area contributed by atoms with Crippen molar-refractivity contribution in [1.82, 2.24) is 10.3 Å². The molecule has 0 aliphatic heterocycles. The fourth-order valence-electron chi connectivity index (χ4n) is 6.23. The van der Waals surface area contributed by atoms with Crippen LogP contribution in [0.2, 0.25) is 0 Å². The second-order valence-corrected chi connectivity index (χ2v) is 12.9. The van der Waals surface area contributed by atoms with Crippen LogP contribution in [0.5, 0.6) is 23.0 Å². The lowest BCUT2D eigenvalue weighted by Gasteiger charge is -2.23. The minimum atomic E-state index is -1.40.